The minimum atomic E-state index is -0.423. The number of phenols is 1. The van der Waals surface area contributed by atoms with E-state index in [1.54, 1.807) is 41.2 Å². The molecule has 2 heterocycles. The van der Waals surface area contributed by atoms with Crippen LogP contribution in [-0.4, -0.2) is 25.5 Å². The molecule has 4 rings (SSSR count). The Hall–Kier alpha value is -3.68. The fraction of sp³-hybridized carbons (Fsp3) is 0.158. The van der Waals surface area contributed by atoms with E-state index in [9.17, 15) is 15.2 Å². The van der Waals surface area contributed by atoms with Crippen LogP contribution >= 0.6 is 0 Å². The van der Waals surface area contributed by atoms with Gasteiger partial charge in [0.1, 0.15) is 5.75 Å². The van der Waals surface area contributed by atoms with Gasteiger partial charge in [0.05, 0.1) is 28.6 Å². The first-order valence-corrected chi connectivity index (χ1v) is 8.40. The lowest BCUT2D eigenvalue weighted by Crippen LogP contribution is -2.18. The Balaban J connectivity index is 1.74. The van der Waals surface area contributed by atoms with Gasteiger partial charge in [-0.05, 0) is 24.3 Å². The average Bonchev–Trinajstić information content (AvgIpc) is 3.28. The van der Waals surface area contributed by atoms with Gasteiger partial charge in [0.2, 0.25) is 0 Å². The number of non-ortho nitro benzene ring substituents is 1. The Kier molecular flexibility index (Phi) is 4.08. The number of phenolic OH excluding ortho intramolecular Hbond substituents is 1. The highest BCUT2D eigenvalue weighted by atomic mass is 16.6. The van der Waals surface area contributed by atoms with Crippen molar-refractivity contribution in [2.24, 2.45) is 12.1 Å². The maximum Gasteiger partial charge on any atom is 0.269 e. The Morgan fingerprint density at radius 3 is 2.63 bits per heavy atom. The number of anilines is 1. The third-order valence-corrected chi connectivity index (χ3v) is 4.52. The summed E-state index contributed by atoms with van der Waals surface area (Å²) in [5.41, 5.74) is 3.46. The zero-order chi connectivity index (χ0) is 19.0. The van der Waals surface area contributed by atoms with E-state index in [-0.39, 0.29) is 17.5 Å². The number of aromatic hydroxyl groups is 1. The molecule has 0 bridgehead atoms. The highest BCUT2D eigenvalue weighted by molar-refractivity contribution is 6.03. The van der Waals surface area contributed by atoms with Crippen molar-refractivity contribution < 1.29 is 10.0 Å². The Labute approximate surface area is 155 Å². The van der Waals surface area contributed by atoms with Crippen molar-refractivity contribution in [1.29, 1.82) is 0 Å². The Morgan fingerprint density at radius 2 is 2.00 bits per heavy atom. The first kappa shape index (κ1) is 16.8. The van der Waals surface area contributed by atoms with Crippen LogP contribution in [0.2, 0.25) is 0 Å². The zero-order valence-corrected chi connectivity index (χ0v) is 14.6. The molecule has 1 aliphatic heterocycles. The van der Waals surface area contributed by atoms with Crippen molar-refractivity contribution >= 4 is 17.1 Å². The summed E-state index contributed by atoms with van der Waals surface area (Å²) in [5.74, 6) is 0.182. The first-order valence-electron chi connectivity index (χ1n) is 8.40. The van der Waals surface area contributed by atoms with E-state index in [1.165, 1.54) is 12.1 Å². The summed E-state index contributed by atoms with van der Waals surface area (Å²) in [4.78, 5) is 10.5. The van der Waals surface area contributed by atoms with E-state index in [2.05, 4.69) is 5.10 Å². The van der Waals surface area contributed by atoms with Crippen LogP contribution < -0.4 is 5.01 Å². The number of aromatic nitrogens is 2. The van der Waals surface area contributed by atoms with Gasteiger partial charge >= 0.3 is 0 Å². The molecule has 1 aromatic heterocycles. The number of aryl methyl sites for hydroxylation is 1. The molecule has 1 N–H and O–H groups in total. The SMILES string of the molecule is Cn1cc([C@H]2CC(c3cccc(O)c3)=NN2c2ccc([N+](=O)[O-])cc2)cn1. The number of hydrogen-bond acceptors (Lipinski definition) is 6. The highest BCUT2D eigenvalue weighted by Gasteiger charge is 2.31. The third kappa shape index (κ3) is 3.24. The molecule has 0 unspecified atom stereocenters. The van der Waals surface area contributed by atoms with Crippen LogP contribution in [0, 0.1) is 10.1 Å². The smallest absolute Gasteiger partial charge is 0.269 e. The summed E-state index contributed by atoms with van der Waals surface area (Å²) in [5, 5.41) is 31.5. The van der Waals surface area contributed by atoms with Gasteiger partial charge in [-0.25, -0.2) is 0 Å². The third-order valence-electron chi connectivity index (χ3n) is 4.52. The topological polar surface area (TPSA) is 96.8 Å². The lowest BCUT2D eigenvalue weighted by atomic mass is 10.0. The van der Waals surface area contributed by atoms with Crippen molar-refractivity contribution in [1.82, 2.24) is 9.78 Å². The van der Waals surface area contributed by atoms with Crippen LogP contribution in [0.5, 0.6) is 5.75 Å². The van der Waals surface area contributed by atoms with Crippen molar-refractivity contribution in [3.63, 3.8) is 0 Å². The zero-order valence-electron chi connectivity index (χ0n) is 14.6. The van der Waals surface area contributed by atoms with Crippen LogP contribution in [0.15, 0.2) is 66.0 Å². The van der Waals surface area contributed by atoms with Crippen LogP contribution in [0.3, 0.4) is 0 Å². The van der Waals surface area contributed by atoms with E-state index in [0.29, 0.717) is 6.42 Å². The lowest BCUT2D eigenvalue weighted by Gasteiger charge is -2.22. The van der Waals surface area contributed by atoms with Crippen LogP contribution in [0.1, 0.15) is 23.6 Å². The quantitative estimate of drug-likeness (QED) is 0.566. The molecule has 27 heavy (non-hydrogen) atoms. The maximum atomic E-state index is 10.9. The summed E-state index contributed by atoms with van der Waals surface area (Å²) < 4.78 is 1.73. The molecule has 0 spiro atoms. The van der Waals surface area contributed by atoms with E-state index >= 15 is 0 Å². The average molecular weight is 363 g/mol. The number of rotatable bonds is 4. The van der Waals surface area contributed by atoms with Crippen LogP contribution in [0.25, 0.3) is 0 Å². The second-order valence-electron chi connectivity index (χ2n) is 6.38. The molecule has 0 fully saturated rings. The summed E-state index contributed by atoms with van der Waals surface area (Å²) >= 11 is 0. The molecule has 0 amide bonds. The van der Waals surface area contributed by atoms with E-state index in [4.69, 9.17) is 5.10 Å². The van der Waals surface area contributed by atoms with Gasteiger partial charge in [0.15, 0.2) is 0 Å². The number of hydrazone groups is 1. The fourth-order valence-electron chi connectivity index (χ4n) is 3.21. The molecule has 1 atom stereocenters. The Morgan fingerprint density at radius 1 is 1.22 bits per heavy atom. The predicted octanol–water partition coefficient (Wildman–Crippen LogP) is 3.39. The van der Waals surface area contributed by atoms with Gasteiger partial charge in [0, 0.05) is 42.9 Å². The van der Waals surface area contributed by atoms with Gasteiger partial charge in [-0.15, -0.1) is 0 Å². The van der Waals surface area contributed by atoms with Crippen LogP contribution in [0.4, 0.5) is 11.4 Å². The number of hydrogen-bond donors (Lipinski definition) is 1. The molecule has 0 saturated heterocycles. The molecule has 0 saturated carbocycles. The molecule has 8 heteroatoms. The molecular formula is C19H17N5O3. The summed E-state index contributed by atoms with van der Waals surface area (Å²) in [7, 11) is 1.85. The molecule has 2 aromatic carbocycles. The highest BCUT2D eigenvalue weighted by Crippen LogP contribution is 2.37. The molecule has 1 aliphatic rings. The summed E-state index contributed by atoms with van der Waals surface area (Å²) in [6.07, 6.45) is 4.36. The number of nitrogens with zero attached hydrogens (tertiary/aromatic N) is 5. The standard InChI is InChI=1S/C19H17N5O3/c1-22-12-14(11-20-22)19-10-18(13-3-2-4-17(25)9-13)21-23(19)15-5-7-16(8-6-15)24(26)27/h2-9,11-12,19,25H,10H2,1H3/t19-/m1/s1. The molecule has 3 aromatic rings. The van der Waals surface area contributed by atoms with Gasteiger partial charge in [-0.2, -0.15) is 10.2 Å². The second kappa shape index (κ2) is 6.56. The van der Waals surface area contributed by atoms with Crippen molar-refractivity contribution in [3.05, 3.63) is 82.2 Å². The minimum Gasteiger partial charge on any atom is -0.508 e. The Bertz CT molecular complexity index is 1030. The molecule has 136 valence electrons. The normalized spacial score (nSPS) is 16.4. The first-order chi connectivity index (χ1) is 13.0. The van der Waals surface area contributed by atoms with Crippen molar-refractivity contribution in [3.8, 4) is 5.75 Å². The second-order valence-corrected chi connectivity index (χ2v) is 6.38. The molecule has 8 nitrogen and oxygen atoms in total. The van der Waals surface area contributed by atoms with Gasteiger partial charge in [-0.3, -0.25) is 19.8 Å². The van der Waals surface area contributed by atoms with E-state index in [1.807, 2.05) is 24.3 Å². The predicted molar refractivity (Wildman–Crippen MR) is 101 cm³/mol. The summed E-state index contributed by atoms with van der Waals surface area (Å²) in [6.45, 7) is 0. The van der Waals surface area contributed by atoms with E-state index in [0.717, 1.165) is 22.5 Å². The minimum absolute atomic E-state index is 0.0352. The number of nitro benzene ring substituents is 1. The number of nitro groups is 1. The van der Waals surface area contributed by atoms with Crippen molar-refractivity contribution in [2.45, 2.75) is 12.5 Å². The van der Waals surface area contributed by atoms with Gasteiger partial charge < -0.3 is 5.11 Å². The van der Waals surface area contributed by atoms with E-state index < -0.39 is 4.92 Å². The summed E-state index contributed by atoms with van der Waals surface area (Å²) in [6, 6.07) is 13.2. The molecular weight excluding hydrogens is 346 g/mol. The van der Waals surface area contributed by atoms with Crippen molar-refractivity contribution in [2.75, 3.05) is 5.01 Å². The van der Waals surface area contributed by atoms with Gasteiger partial charge in [0.25, 0.3) is 5.69 Å². The molecule has 0 aliphatic carbocycles. The lowest BCUT2D eigenvalue weighted by molar-refractivity contribution is -0.384. The number of benzene rings is 2. The monoisotopic (exact) mass is 363 g/mol. The largest absolute Gasteiger partial charge is 0.508 e. The molecule has 0 radical (unpaired) electrons. The van der Waals surface area contributed by atoms with Crippen LogP contribution in [-0.2, 0) is 7.05 Å². The van der Waals surface area contributed by atoms with Gasteiger partial charge in [-0.1, -0.05) is 12.1 Å². The fourth-order valence-corrected chi connectivity index (χ4v) is 3.21. The maximum absolute atomic E-state index is 10.9.